The van der Waals surface area contributed by atoms with Crippen LogP contribution in [0.25, 0.3) is 0 Å². The van der Waals surface area contributed by atoms with Crippen molar-refractivity contribution in [1.82, 2.24) is 0 Å². The maximum absolute atomic E-state index is 9.45. The Morgan fingerprint density at radius 1 is 0.655 bits per heavy atom. The minimum Gasteiger partial charge on any atom is -0.479 e. The van der Waals surface area contributed by atoms with Gasteiger partial charge in [-0.05, 0) is 45.4 Å². The fraction of sp³-hybridized carbons (Fsp3) is 0.960. The van der Waals surface area contributed by atoms with Crippen LogP contribution in [-0.4, -0.2) is 53.5 Å². The van der Waals surface area contributed by atoms with Crippen LogP contribution in [-0.2, 0) is 4.79 Å². The average Bonchev–Trinajstić information content (AvgIpc) is 2.68. The number of rotatable bonds is 19. The Kier molecular flexibility index (Phi) is 23.3. The fourth-order valence-electron chi connectivity index (χ4n) is 3.63. The minimum atomic E-state index is -1.23. The summed E-state index contributed by atoms with van der Waals surface area (Å²) in [4.78, 5) is 9.45. The van der Waals surface area contributed by atoms with Gasteiger partial charge in [0.1, 0.15) is 6.10 Å². The smallest absolute Gasteiger partial charge is 0.332 e. The number of carboxylic acid groups (broad SMARTS) is 1. The van der Waals surface area contributed by atoms with Crippen molar-refractivity contribution in [3.8, 4) is 0 Å². The third-order valence-electron chi connectivity index (χ3n) is 5.76. The molecular formula is C25H54NO3+. The van der Waals surface area contributed by atoms with Crippen LogP contribution in [0.15, 0.2) is 0 Å². The zero-order chi connectivity index (χ0) is 22.4. The van der Waals surface area contributed by atoms with Crippen molar-refractivity contribution in [3.05, 3.63) is 0 Å². The van der Waals surface area contributed by atoms with Gasteiger partial charge in [0.05, 0.1) is 26.7 Å². The van der Waals surface area contributed by atoms with E-state index in [9.17, 15) is 4.79 Å². The molecule has 0 aromatic carbocycles. The van der Waals surface area contributed by atoms with E-state index in [0.29, 0.717) is 0 Å². The fourth-order valence-corrected chi connectivity index (χ4v) is 3.63. The Bertz CT molecular complexity index is 309. The second kappa shape index (κ2) is 22.1. The van der Waals surface area contributed by atoms with Crippen LogP contribution in [0.5, 0.6) is 0 Å². The van der Waals surface area contributed by atoms with Gasteiger partial charge in [-0.15, -0.1) is 0 Å². The second-order valence-electron chi connectivity index (χ2n) is 9.05. The van der Waals surface area contributed by atoms with Crippen LogP contribution >= 0.6 is 0 Å². The van der Waals surface area contributed by atoms with Gasteiger partial charge in [0.25, 0.3) is 0 Å². The van der Waals surface area contributed by atoms with Gasteiger partial charge in [-0.2, -0.15) is 0 Å². The standard InChI is InChI=1S/C22H48N.C3H6O3/c1-5-8-11-14-17-20-23(4,21-18-15-12-9-6-2)22-19-16-13-10-7-3;1-2(4)3(5)6/h5-22H2,1-4H3;2,4H,1H3,(H,5,6)/q+1;. The normalized spacial score (nSPS) is 12.3. The van der Waals surface area contributed by atoms with Crippen molar-refractivity contribution in [2.24, 2.45) is 0 Å². The highest BCUT2D eigenvalue weighted by Gasteiger charge is 2.20. The minimum absolute atomic E-state index is 1.19. The molecule has 0 fully saturated rings. The summed E-state index contributed by atoms with van der Waals surface area (Å²) in [6, 6.07) is 0. The molecule has 0 aromatic rings. The number of aliphatic carboxylic acids is 1. The molecule has 0 aliphatic heterocycles. The molecule has 0 aromatic heterocycles. The number of carbonyl (C=O) groups is 1. The van der Waals surface area contributed by atoms with Gasteiger partial charge in [-0.25, -0.2) is 4.79 Å². The van der Waals surface area contributed by atoms with Crippen molar-refractivity contribution in [1.29, 1.82) is 0 Å². The molecule has 0 saturated carbocycles. The Hall–Kier alpha value is -0.610. The first-order valence-corrected chi connectivity index (χ1v) is 12.6. The molecule has 4 heteroatoms. The molecule has 0 spiro atoms. The lowest BCUT2D eigenvalue weighted by Crippen LogP contribution is -2.46. The molecule has 0 bridgehead atoms. The Labute approximate surface area is 182 Å². The number of hydrogen-bond acceptors (Lipinski definition) is 2. The lowest BCUT2D eigenvalue weighted by molar-refractivity contribution is -0.910. The van der Waals surface area contributed by atoms with Crippen LogP contribution in [0.1, 0.15) is 124 Å². The Morgan fingerprint density at radius 3 is 1.10 bits per heavy atom. The SMILES string of the molecule is CC(O)C(=O)O.CCCCCCC[N+](C)(CCCCCCC)CCCCCCC. The number of carboxylic acids is 1. The van der Waals surface area contributed by atoms with Gasteiger partial charge < -0.3 is 14.7 Å². The first-order valence-electron chi connectivity index (χ1n) is 12.6. The van der Waals surface area contributed by atoms with Crippen molar-refractivity contribution < 1.29 is 19.5 Å². The summed E-state index contributed by atoms with van der Waals surface area (Å²) in [6.07, 6.45) is 20.2. The van der Waals surface area contributed by atoms with Crippen LogP contribution in [0, 0.1) is 0 Å². The average molecular weight is 417 g/mol. The summed E-state index contributed by atoms with van der Waals surface area (Å²) in [5.41, 5.74) is 0. The lowest BCUT2D eigenvalue weighted by Gasteiger charge is -2.35. The third kappa shape index (κ3) is 23.5. The highest BCUT2D eigenvalue weighted by atomic mass is 16.4. The van der Waals surface area contributed by atoms with Gasteiger partial charge in [0.15, 0.2) is 0 Å². The van der Waals surface area contributed by atoms with Crippen LogP contribution in [0.3, 0.4) is 0 Å². The molecule has 2 N–H and O–H groups in total. The number of aliphatic hydroxyl groups excluding tert-OH is 1. The van der Waals surface area contributed by atoms with E-state index < -0.39 is 12.1 Å². The van der Waals surface area contributed by atoms with Gasteiger partial charge in [0.2, 0.25) is 0 Å². The zero-order valence-electron chi connectivity index (χ0n) is 20.6. The van der Waals surface area contributed by atoms with E-state index in [1.165, 1.54) is 127 Å². The molecule has 4 nitrogen and oxygen atoms in total. The molecule has 0 radical (unpaired) electrons. The number of aliphatic hydroxyl groups is 1. The number of nitrogens with zero attached hydrogens (tertiary/aromatic N) is 1. The van der Waals surface area contributed by atoms with Gasteiger partial charge >= 0.3 is 5.97 Å². The summed E-state index contributed by atoms with van der Waals surface area (Å²) >= 11 is 0. The highest BCUT2D eigenvalue weighted by molar-refractivity contribution is 5.71. The maximum Gasteiger partial charge on any atom is 0.332 e. The lowest BCUT2D eigenvalue weighted by atomic mass is 10.1. The van der Waals surface area contributed by atoms with Crippen molar-refractivity contribution >= 4 is 5.97 Å². The zero-order valence-corrected chi connectivity index (χ0v) is 20.6. The molecule has 29 heavy (non-hydrogen) atoms. The van der Waals surface area contributed by atoms with E-state index in [2.05, 4.69) is 27.8 Å². The number of quaternary nitrogens is 1. The van der Waals surface area contributed by atoms with Crippen molar-refractivity contribution in [2.45, 2.75) is 130 Å². The molecule has 0 saturated heterocycles. The first kappa shape index (κ1) is 30.6. The molecule has 0 heterocycles. The van der Waals surface area contributed by atoms with E-state index in [4.69, 9.17) is 10.2 Å². The van der Waals surface area contributed by atoms with E-state index in [0.717, 1.165) is 0 Å². The summed E-state index contributed by atoms with van der Waals surface area (Å²) in [7, 11) is 2.54. The van der Waals surface area contributed by atoms with Gasteiger partial charge in [0, 0.05) is 0 Å². The van der Waals surface area contributed by atoms with Crippen LogP contribution in [0.4, 0.5) is 0 Å². The largest absolute Gasteiger partial charge is 0.479 e. The van der Waals surface area contributed by atoms with E-state index in [1.54, 1.807) is 0 Å². The number of hydrogen-bond donors (Lipinski definition) is 2. The predicted octanol–water partition coefficient (Wildman–Crippen LogP) is 6.80. The number of unbranched alkanes of at least 4 members (excludes halogenated alkanes) is 12. The Morgan fingerprint density at radius 2 is 0.897 bits per heavy atom. The molecule has 1 atom stereocenters. The van der Waals surface area contributed by atoms with Crippen molar-refractivity contribution in [2.75, 3.05) is 26.7 Å². The molecule has 0 aliphatic carbocycles. The van der Waals surface area contributed by atoms with Crippen LogP contribution < -0.4 is 0 Å². The molecular weight excluding hydrogens is 362 g/mol. The van der Waals surface area contributed by atoms with Crippen molar-refractivity contribution in [3.63, 3.8) is 0 Å². The quantitative estimate of drug-likeness (QED) is 0.180. The topological polar surface area (TPSA) is 57.5 Å². The van der Waals surface area contributed by atoms with Gasteiger partial charge in [-0.1, -0.05) is 78.6 Å². The van der Waals surface area contributed by atoms with Crippen LogP contribution in [0.2, 0.25) is 0 Å². The van der Waals surface area contributed by atoms with E-state index in [1.807, 2.05) is 0 Å². The van der Waals surface area contributed by atoms with Gasteiger partial charge in [-0.3, -0.25) is 0 Å². The Balaban J connectivity index is 0. The molecule has 1 unspecified atom stereocenters. The van der Waals surface area contributed by atoms with E-state index in [-0.39, 0.29) is 0 Å². The second-order valence-corrected chi connectivity index (χ2v) is 9.05. The highest BCUT2D eigenvalue weighted by Crippen LogP contribution is 2.15. The summed E-state index contributed by atoms with van der Waals surface area (Å²) in [6.45, 7) is 12.4. The molecule has 0 amide bonds. The molecule has 176 valence electrons. The first-order chi connectivity index (χ1) is 13.8. The monoisotopic (exact) mass is 416 g/mol. The maximum atomic E-state index is 9.45. The molecule has 0 rings (SSSR count). The third-order valence-corrected chi connectivity index (χ3v) is 5.76. The summed E-state index contributed by atoms with van der Waals surface area (Å²) in [5, 5.41) is 15.8. The predicted molar refractivity (Wildman–Crippen MR) is 126 cm³/mol. The molecule has 0 aliphatic rings. The van der Waals surface area contributed by atoms with E-state index >= 15 is 0 Å². The summed E-state index contributed by atoms with van der Waals surface area (Å²) < 4.78 is 1.35. The summed E-state index contributed by atoms with van der Waals surface area (Å²) in [5.74, 6) is -1.19.